The van der Waals surface area contributed by atoms with E-state index in [0.29, 0.717) is 23.0 Å². The number of carboxylic acid groups (broad SMARTS) is 1. The number of aliphatic hydroxyl groups is 1. The predicted octanol–water partition coefficient (Wildman–Crippen LogP) is 4.65. The van der Waals surface area contributed by atoms with Crippen LogP contribution in [0.5, 0.6) is 0 Å². The lowest BCUT2D eigenvalue weighted by Crippen LogP contribution is -2.50. The zero-order valence-corrected chi connectivity index (χ0v) is 24.2. The Kier molecular flexibility index (Phi) is 8.56. The first-order valence-electron chi connectivity index (χ1n) is 13.9. The van der Waals surface area contributed by atoms with Crippen LogP contribution in [0.2, 0.25) is 0 Å². The van der Waals surface area contributed by atoms with Crippen molar-refractivity contribution in [2.24, 2.45) is 0 Å². The number of pyridine rings is 1. The summed E-state index contributed by atoms with van der Waals surface area (Å²) in [5, 5.41) is 20.1. The molecule has 0 bridgehead atoms. The molecule has 13 heteroatoms. The molecule has 1 aliphatic rings. The molecular formula is C31H30F3N3O6S. The van der Waals surface area contributed by atoms with Gasteiger partial charge in [-0.2, -0.15) is 17.5 Å². The molecule has 4 aromatic rings. The molecule has 4 N–H and O–H groups in total. The Balaban J connectivity index is 1.85. The van der Waals surface area contributed by atoms with Crippen LogP contribution in [0.25, 0.3) is 21.9 Å². The molecule has 1 unspecified atom stereocenters. The van der Waals surface area contributed by atoms with Crippen molar-refractivity contribution in [3.8, 4) is 11.1 Å². The number of aliphatic hydroxyl groups excluding tert-OH is 1. The van der Waals surface area contributed by atoms with Crippen molar-refractivity contribution in [1.82, 2.24) is 8.87 Å². The van der Waals surface area contributed by atoms with Crippen LogP contribution in [0, 0.1) is 0 Å². The number of halogens is 3. The maximum atomic E-state index is 14.3. The van der Waals surface area contributed by atoms with Crippen LogP contribution in [0.1, 0.15) is 42.0 Å². The maximum Gasteiger partial charge on any atom is 0.416 e. The average Bonchev–Trinajstić information content (AvgIpc) is 2.98. The molecule has 0 saturated heterocycles. The molecule has 1 aromatic heterocycles. The second-order valence-electron chi connectivity index (χ2n) is 10.6. The first-order chi connectivity index (χ1) is 20.9. The van der Waals surface area contributed by atoms with Crippen molar-refractivity contribution < 1.29 is 36.6 Å². The molecule has 0 aliphatic carbocycles. The third-order valence-electron chi connectivity index (χ3n) is 7.86. The molecule has 0 amide bonds. The fraction of sp³-hybridized carbons (Fsp3) is 0.290. The van der Waals surface area contributed by atoms with Gasteiger partial charge in [0, 0.05) is 31.7 Å². The Hall–Kier alpha value is -4.20. The summed E-state index contributed by atoms with van der Waals surface area (Å²) < 4.78 is 71.7. The largest absolute Gasteiger partial charge is 0.480 e. The molecular weight excluding hydrogens is 599 g/mol. The van der Waals surface area contributed by atoms with E-state index in [1.165, 1.54) is 6.07 Å². The van der Waals surface area contributed by atoms with Crippen LogP contribution in [0.4, 0.5) is 18.9 Å². The van der Waals surface area contributed by atoms with Gasteiger partial charge in [-0.05, 0) is 58.9 Å². The van der Waals surface area contributed by atoms with Gasteiger partial charge in [-0.25, -0.2) is 13.2 Å². The summed E-state index contributed by atoms with van der Waals surface area (Å²) in [5.41, 5.74) is 3.99. The van der Waals surface area contributed by atoms with Gasteiger partial charge < -0.3 is 15.9 Å². The molecule has 44 heavy (non-hydrogen) atoms. The standard InChI is InChI=1S/C31H30F3N3O6S/c32-31(33,34)22-12-7-11-21(16-22)26-24(17-20-10-6-9-19-8-2-3-13-23(19)20)27(35)28(39)37-25(30(40)41)18-36(14-4-1-5-15-38)44(42,43)29(26)37/h2-3,6-13,16,25,38H,1,4-5,14-15,17-18,35H2,(H,40,41). The zero-order valence-electron chi connectivity index (χ0n) is 23.4. The van der Waals surface area contributed by atoms with Crippen LogP contribution >= 0.6 is 0 Å². The summed E-state index contributed by atoms with van der Waals surface area (Å²) in [7, 11) is -4.63. The van der Waals surface area contributed by atoms with Gasteiger partial charge in [0.05, 0.1) is 5.56 Å². The highest BCUT2D eigenvalue weighted by Gasteiger charge is 2.44. The molecule has 1 aliphatic heterocycles. The molecule has 9 nitrogen and oxygen atoms in total. The van der Waals surface area contributed by atoms with Gasteiger partial charge in [0.1, 0.15) is 11.7 Å². The lowest BCUT2D eigenvalue weighted by Gasteiger charge is -2.35. The number of carboxylic acids is 1. The van der Waals surface area contributed by atoms with E-state index in [-0.39, 0.29) is 42.7 Å². The van der Waals surface area contributed by atoms with Gasteiger partial charge in [-0.3, -0.25) is 9.36 Å². The van der Waals surface area contributed by atoms with Gasteiger partial charge in [0.25, 0.3) is 15.6 Å². The number of hydrogen-bond acceptors (Lipinski definition) is 6. The molecule has 1 atom stereocenters. The van der Waals surface area contributed by atoms with Crippen molar-refractivity contribution in [2.75, 3.05) is 25.4 Å². The van der Waals surface area contributed by atoms with Gasteiger partial charge in [0.2, 0.25) is 0 Å². The predicted molar refractivity (Wildman–Crippen MR) is 159 cm³/mol. The highest BCUT2D eigenvalue weighted by Crippen LogP contribution is 2.41. The van der Waals surface area contributed by atoms with Gasteiger partial charge in [-0.15, -0.1) is 0 Å². The third-order valence-corrected chi connectivity index (χ3v) is 9.76. The van der Waals surface area contributed by atoms with E-state index >= 15 is 0 Å². The van der Waals surface area contributed by atoms with Crippen LogP contribution in [-0.2, 0) is 27.4 Å². The molecule has 0 spiro atoms. The Morgan fingerprint density at radius 3 is 2.41 bits per heavy atom. The summed E-state index contributed by atoms with van der Waals surface area (Å²) in [4.78, 5) is 26.3. The number of fused-ring (bicyclic) bond motifs is 2. The second kappa shape index (κ2) is 12.1. The number of aliphatic carboxylic acids is 1. The fourth-order valence-electron chi connectivity index (χ4n) is 5.71. The average molecular weight is 630 g/mol. The third kappa shape index (κ3) is 5.70. The Labute approximate surface area is 251 Å². The van der Waals surface area contributed by atoms with Crippen molar-refractivity contribution in [2.45, 2.75) is 42.9 Å². The quantitative estimate of drug-likeness (QED) is 0.229. The second-order valence-corrected chi connectivity index (χ2v) is 12.5. The van der Waals surface area contributed by atoms with E-state index in [2.05, 4.69) is 0 Å². The van der Waals surface area contributed by atoms with E-state index in [1.807, 2.05) is 24.3 Å². The normalized spacial score (nSPS) is 16.6. The minimum atomic E-state index is -4.77. The number of hydrogen-bond donors (Lipinski definition) is 3. The topological polar surface area (TPSA) is 143 Å². The summed E-state index contributed by atoms with van der Waals surface area (Å²) in [6, 6.07) is 15.0. The minimum Gasteiger partial charge on any atom is -0.480 e. The maximum absolute atomic E-state index is 14.3. The lowest BCUT2D eigenvalue weighted by molar-refractivity contribution is -0.141. The highest BCUT2D eigenvalue weighted by molar-refractivity contribution is 7.89. The number of aromatic nitrogens is 1. The van der Waals surface area contributed by atoms with E-state index in [1.54, 1.807) is 18.2 Å². The number of carbonyl (C=O) groups is 1. The number of rotatable bonds is 9. The first kappa shape index (κ1) is 31.2. The van der Waals surface area contributed by atoms with Crippen molar-refractivity contribution in [3.05, 3.63) is 93.8 Å². The van der Waals surface area contributed by atoms with Crippen LogP contribution in [0.3, 0.4) is 0 Å². The molecule has 0 fully saturated rings. The Morgan fingerprint density at radius 2 is 1.70 bits per heavy atom. The highest BCUT2D eigenvalue weighted by atomic mass is 32.2. The van der Waals surface area contributed by atoms with Crippen molar-refractivity contribution in [1.29, 1.82) is 0 Å². The summed E-state index contributed by atoms with van der Waals surface area (Å²) in [6.45, 7) is -0.807. The number of sulfonamides is 1. The van der Waals surface area contributed by atoms with Crippen molar-refractivity contribution in [3.63, 3.8) is 0 Å². The smallest absolute Gasteiger partial charge is 0.416 e. The molecule has 3 aromatic carbocycles. The SMILES string of the molecule is Nc1c(Cc2cccc3ccccc23)c(-c2cccc(C(F)(F)F)c2)c2n(c1=O)C(C(=O)O)CN(CCCCCO)S2(=O)=O. The van der Waals surface area contributed by atoms with Gasteiger partial charge >= 0.3 is 12.1 Å². The van der Waals surface area contributed by atoms with Crippen molar-refractivity contribution >= 4 is 32.5 Å². The molecule has 2 heterocycles. The van der Waals surface area contributed by atoms with E-state index in [4.69, 9.17) is 10.8 Å². The Morgan fingerprint density at radius 1 is 1.00 bits per heavy atom. The summed E-state index contributed by atoms with van der Waals surface area (Å²) >= 11 is 0. The number of anilines is 1. The first-order valence-corrected chi connectivity index (χ1v) is 15.3. The number of nitrogens with two attached hydrogens (primary N) is 1. The number of benzene rings is 3. The summed E-state index contributed by atoms with van der Waals surface area (Å²) in [6.07, 6.45) is -3.77. The van der Waals surface area contributed by atoms with Crippen LogP contribution < -0.4 is 11.3 Å². The number of nitrogens with zero attached hydrogens (tertiary/aromatic N) is 2. The number of alkyl halides is 3. The lowest BCUT2D eigenvalue weighted by atomic mass is 9.92. The Bertz CT molecular complexity index is 1900. The number of nitrogen functional groups attached to an aromatic ring is 1. The van der Waals surface area contributed by atoms with E-state index in [0.717, 1.165) is 33.3 Å². The van der Waals surface area contributed by atoms with E-state index in [9.17, 15) is 36.3 Å². The summed E-state index contributed by atoms with van der Waals surface area (Å²) in [5.74, 6) is -1.50. The van der Waals surface area contributed by atoms with E-state index < -0.39 is 56.6 Å². The fourth-order valence-corrected chi connectivity index (χ4v) is 7.62. The molecule has 232 valence electrons. The monoisotopic (exact) mass is 629 g/mol. The van der Waals surface area contributed by atoms with Crippen LogP contribution in [0.15, 0.2) is 76.6 Å². The molecule has 0 radical (unpaired) electrons. The minimum absolute atomic E-state index is 0.0215. The van der Waals surface area contributed by atoms with Gasteiger partial charge in [0.15, 0.2) is 5.03 Å². The zero-order chi connectivity index (χ0) is 31.8. The van der Waals surface area contributed by atoms with Gasteiger partial charge in [-0.1, -0.05) is 54.6 Å². The molecule has 0 saturated carbocycles. The molecule has 5 rings (SSSR count). The van der Waals surface area contributed by atoms with Crippen LogP contribution in [-0.4, -0.2) is 53.2 Å². The number of unbranched alkanes of at least 4 members (excludes halogenated alkanes) is 2.